The standard InChI is InChI=1S/C23H22N2O3S/c1-3-28-18-10-6-9-17(14-18)24-23(27)21(15-19-11-7-13-29-19)25-22(26)20-12-5-4-8-16(20)2/h4-15H,3H2,1-2H3,(H,24,27)(H,25,26)/b21-15-. The van der Waals surface area contributed by atoms with Crippen LogP contribution in [-0.4, -0.2) is 18.4 Å². The van der Waals surface area contributed by atoms with Crippen molar-refractivity contribution in [1.82, 2.24) is 5.32 Å². The molecule has 2 N–H and O–H groups in total. The summed E-state index contributed by atoms with van der Waals surface area (Å²) in [6.45, 7) is 4.29. The first-order valence-corrected chi connectivity index (χ1v) is 10.1. The first-order valence-electron chi connectivity index (χ1n) is 9.23. The molecule has 1 heterocycles. The minimum atomic E-state index is -0.408. The van der Waals surface area contributed by atoms with Gasteiger partial charge in [-0.25, -0.2) is 0 Å². The van der Waals surface area contributed by atoms with Gasteiger partial charge in [0.25, 0.3) is 11.8 Å². The second kappa shape index (κ2) is 9.71. The number of hydrogen-bond donors (Lipinski definition) is 2. The number of hydrogen-bond acceptors (Lipinski definition) is 4. The fraction of sp³-hybridized carbons (Fsp3) is 0.130. The Hall–Kier alpha value is -3.38. The Kier molecular flexibility index (Phi) is 6.81. The molecule has 0 aliphatic rings. The van der Waals surface area contributed by atoms with Gasteiger partial charge in [0, 0.05) is 22.2 Å². The van der Waals surface area contributed by atoms with Crippen LogP contribution in [0.1, 0.15) is 27.7 Å². The number of aryl methyl sites for hydroxylation is 1. The molecule has 6 heteroatoms. The summed E-state index contributed by atoms with van der Waals surface area (Å²) in [5.41, 5.74) is 2.12. The van der Waals surface area contributed by atoms with Gasteiger partial charge in [-0.1, -0.05) is 30.3 Å². The molecule has 0 unspecified atom stereocenters. The lowest BCUT2D eigenvalue weighted by Crippen LogP contribution is -2.31. The van der Waals surface area contributed by atoms with Crippen LogP contribution < -0.4 is 15.4 Å². The molecule has 0 aliphatic heterocycles. The van der Waals surface area contributed by atoms with Gasteiger partial charge in [0.05, 0.1) is 6.61 Å². The molecule has 3 rings (SSSR count). The Morgan fingerprint density at radius 3 is 2.62 bits per heavy atom. The van der Waals surface area contributed by atoms with E-state index in [1.54, 1.807) is 36.4 Å². The van der Waals surface area contributed by atoms with Crippen molar-refractivity contribution in [3.05, 3.63) is 87.7 Å². The van der Waals surface area contributed by atoms with Gasteiger partial charge >= 0.3 is 0 Å². The number of anilines is 1. The summed E-state index contributed by atoms with van der Waals surface area (Å²) in [7, 11) is 0. The van der Waals surface area contributed by atoms with Gasteiger partial charge in [0.15, 0.2) is 0 Å². The highest BCUT2D eigenvalue weighted by Crippen LogP contribution is 2.19. The van der Waals surface area contributed by atoms with E-state index in [0.717, 1.165) is 10.4 Å². The first-order chi connectivity index (χ1) is 14.1. The lowest BCUT2D eigenvalue weighted by molar-refractivity contribution is -0.113. The van der Waals surface area contributed by atoms with Crippen molar-refractivity contribution in [2.45, 2.75) is 13.8 Å². The van der Waals surface area contributed by atoms with Crippen molar-refractivity contribution >= 4 is 34.9 Å². The van der Waals surface area contributed by atoms with Crippen LogP contribution in [0, 0.1) is 6.92 Å². The van der Waals surface area contributed by atoms with E-state index < -0.39 is 5.91 Å². The Bertz CT molecular complexity index is 1030. The fourth-order valence-corrected chi connectivity index (χ4v) is 3.38. The normalized spacial score (nSPS) is 11.0. The van der Waals surface area contributed by atoms with E-state index in [9.17, 15) is 9.59 Å². The van der Waals surface area contributed by atoms with E-state index in [2.05, 4.69) is 10.6 Å². The van der Waals surface area contributed by atoms with E-state index in [4.69, 9.17) is 4.74 Å². The molecule has 5 nitrogen and oxygen atoms in total. The summed E-state index contributed by atoms with van der Waals surface area (Å²) in [6, 6.07) is 18.2. The molecule has 3 aromatic rings. The third-order valence-corrected chi connectivity index (χ3v) is 4.93. The Morgan fingerprint density at radius 2 is 1.90 bits per heavy atom. The second-order valence-corrected chi connectivity index (χ2v) is 7.24. The number of amides is 2. The van der Waals surface area contributed by atoms with Crippen LogP contribution in [-0.2, 0) is 4.79 Å². The van der Waals surface area contributed by atoms with E-state index >= 15 is 0 Å². The average Bonchev–Trinajstić information content (AvgIpc) is 3.21. The average molecular weight is 407 g/mol. The molecule has 0 saturated heterocycles. The summed E-state index contributed by atoms with van der Waals surface area (Å²) < 4.78 is 5.48. The molecule has 29 heavy (non-hydrogen) atoms. The zero-order valence-electron chi connectivity index (χ0n) is 16.3. The molecule has 0 saturated carbocycles. The molecule has 0 radical (unpaired) electrons. The third-order valence-electron chi connectivity index (χ3n) is 4.12. The second-order valence-electron chi connectivity index (χ2n) is 6.26. The van der Waals surface area contributed by atoms with E-state index in [-0.39, 0.29) is 11.6 Å². The van der Waals surface area contributed by atoms with E-state index in [0.29, 0.717) is 23.6 Å². The van der Waals surface area contributed by atoms with Gasteiger partial charge in [-0.15, -0.1) is 11.3 Å². The van der Waals surface area contributed by atoms with Crippen LogP contribution in [0.4, 0.5) is 5.69 Å². The fourth-order valence-electron chi connectivity index (χ4n) is 2.72. The number of carbonyl (C=O) groups is 2. The molecule has 1 aromatic heterocycles. The Morgan fingerprint density at radius 1 is 1.07 bits per heavy atom. The summed E-state index contributed by atoms with van der Waals surface area (Å²) in [5, 5.41) is 7.50. The van der Waals surface area contributed by atoms with Crippen molar-refractivity contribution in [3.63, 3.8) is 0 Å². The third kappa shape index (κ3) is 5.56. The Labute approximate surface area is 174 Å². The minimum Gasteiger partial charge on any atom is -0.494 e. The number of nitrogens with one attached hydrogen (secondary N) is 2. The van der Waals surface area contributed by atoms with Crippen LogP contribution >= 0.6 is 11.3 Å². The summed E-state index contributed by atoms with van der Waals surface area (Å²) in [6.07, 6.45) is 1.67. The number of rotatable bonds is 7. The topological polar surface area (TPSA) is 67.4 Å². The molecule has 0 aliphatic carbocycles. The zero-order chi connectivity index (χ0) is 20.6. The summed E-state index contributed by atoms with van der Waals surface area (Å²) in [4.78, 5) is 26.5. The van der Waals surface area contributed by atoms with Crippen molar-refractivity contribution in [1.29, 1.82) is 0 Å². The number of benzene rings is 2. The predicted molar refractivity (Wildman–Crippen MR) is 117 cm³/mol. The van der Waals surface area contributed by atoms with Gasteiger partial charge in [-0.3, -0.25) is 9.59 Å². The zero-order valence-corrected chi connectivity index (χ0v) is 17.1. The molecule has 2 aromatic carbocycles. The molecule has 0 atom stereocenters. The van der Waals surface area contributed by atoms with E-state index in [1.165, 1.54) is 11.3 Å². The number of carbonyl (C=O) groups excluding carboxylic acids is 2. The van der Waals surface area contributed by atoms with Crippen molar-refractivity contribution in [3.8, 4) is 5.75 Å². The van der Waals surface area contributed by atoms with Crippen LogP contribution in [0.3, 0.4) is 0 Å². The van der Waals surface area contributed by atoms with Crippen LogP contribution in [0.5, 0.6) is 5.75 Å². The van der Waals surface area contributed by atoms with Crippen LogP contribution in [0.25, 0.3) is 6.08 Å². The highest BCUT2D eigenvalue weighted by atomic mass is 32.1. The quantitative estimate of drug-likeness (QED) is 0.551. The lowest BCUT2D eigenvalue weighted by atomic mass is 10.1. The smallest absolute Gasteiger partial charge is 0.272 e. The molecular weight excluding hydrogens is 384 g/mol. The van der Waals surface area contributed by atoms with Crippen LogP contribution in [0.2, 0.25) is 0 Å². The number of thiophene rings is 1. The molecule has 0 fully saturated rings. The van der Waals surface area contributed by atoms with Gasteiger partial charge in [-0.05, 0) is 55.1 Å². The monoisotopic (exact) mass is 406 g/mol. The largest absolute Gasteiger partial charge is 0.494 e. The van der Waals surface area contributed by atoms with Gasteiger partial charge < -0.3 is 15.4 Å². The lowest BCUT2D eigenvalue weighted by Gasteiger charge is -2.13. The predicted octanol–water partition coefficient (Wildman–Crippen LogP) is 4.86. The highest BCUT2D eigenvalue weighted by Gasteiger charge is 2.16. The molecule has 0 bridgehead atoms. The molecule has 148 valence electrons. The molecular formula is C23H22N2O3S. The van der Waals surface area contributed by atoms with Gasteiger partial charge in [0.1, 0.15) is 11.4 Å². The summed E-state index contributed by atoms with van der Waals surface area (Å²) in [5.74, 6) is -0.0730. The van der Waals surface area contributed by atoms with Gasteiger partial charge in [0.2, 0.25) is 0 Å². The van der Waals surface area contributed by atoms with Crippen molar-refractivity contribution in [2.75, 3.05) is 11.9 Å². The van der Waals surface area contributed by atoms with Gasteiger partial charge in [-0.2, -0.15) is 0 Å². The maximum Gasteiger partial charge on any atom is 0.272 e. The SMILES string of the molecule is CCOc1cccc(NC(=O)/C(=C/c2cccs2)NC(=O)c2ccccc2C)c1. The maximum atomic E-state index is 12.9. The number of ether oxygens (including phenoxy) is 1. The summed E-state index contributed by atoms with van der Waals surface area (Å²) >= 11 is 1.48. The van der Waals surface area contributed by atoms with Crippen molar-refractivity contribution < 1.29 is 14.3 Å². The van der Waals surface area contributed by atoms with Crippen molar-refractivity contribution in [2.24, 2.45) is 0 Å². The molecule has 2 amide bonds. The molecule has 0 spiro atoms. The maximum absolute atomic E-state index is 12.9. The van der Waals surface area contributed by atoms with Crippen LogP contribution in [0.15, 0.2) is 71.7 Å². The minimum absolute atomic E-state index is 0.169. The highest BCUT2D eigenvalue weighted by molar-refractivity contribution is 7.10. The Balaban J connectivity index is 1.84. The first kappa shape index (κ1) is 20.4. The van der Waals surface area contributed by atoms with E-state index in [1.807, 2.05) is 49.6 Å².